The highest BCUT2D eigenvalue weighted by atomic mass is 19.1. The molecular formula is C14H10F2N2O3. The largest absolute Gasteiger partial charge is 0.316 e. The molecule has 1 amide bonds. The predicted molar refractivity (Wildman–Crippen MR) is 72.1 cm³/mol. The van der Waals surface area contributed by atoms with Gasteiger partial charge in [-0.1, -0.05) is 18.2 Å². The molecule has 0 saturated heterocycles. The van der Waals surface area contributed by atoms with E-state index in [1.807, 2.05) is 0 Å². The maximum Gasteiger partial charge on any atom is 0.295 e. The molecule has 108 valence electrons. The van der Waals surface area contributed by atoms with Crippen molar-refractivity contribution in [3.8, 4) is 0 Å². The zero-order valence-corrected chi connectivity index (χ0v) is 10.9. The van der Waals surface area contributed by atoms with Crippen LogP contribution in [0, 0.1) is 28.7 Å². The van der Waals surface area contributed by atoms with E-state index in [1.165, 1.54) is 25.1 Å². The smallest absolute Gasteiger partial charge is 0.295 e. The van der Waals surface area contributed by atoms with Gasteiger partial charge in [0.2, 0.25) is 0 Å². The van der Waals surface area contributed by atoms with Crippen LogP contribution in [0.3, 0.4) is 0 Å². The summed E-state index contributed by atoms with van der Waals surface area (Å²) in [5, 5.41) is 13.2. The number of hydrogen-bond donors (Lipinski definition) is 1. The number of para-hydroxylation sites is 1. The van der Waals surface area contributed by atoms with Crippen molar-refractivity contribution in [2.45, 2.75) is 6.92 Å². The average Bonchev–Trinajstić information content (AvgIpc) is 2.37. The predicted octanol–water partition coefficient (Wildman–Crippen LogP) is 3.43. The van der Waals surface area contributed by atoms with Gasteiger partial charge in [0.25, 0.3) is 11.6 Å². The van der Waals surface area contributed by atoms with E-state index in [-0.39, 0.29) is 11.4 Å². The van der Waals surface area contributed by atoms with Crippen LogP contribution in [-0.4, -0.2) is 10.8 Å². The topological polar surface area (TPSA) is 72.2 Å². The number of nitro benzene ring substituents is 1. The van der Waals surface area contributed by atoms with E-state index in [0.29, 0.717) is 5.56 Å². The van der Waals surface area contributed by atoms with Gasteiger partial charge >= 0.3 is 0 Å². The van der Waals surface area contributed by atoms with Crippen LogP contribution in [0.1, 0.15) is 15.9 Å². The number of hydrogen-bond acceptors (Lipinski definition) is 3. The summed E-state index contributed by atoms with van der Waals surface area (Å²) in [7, 11) is 0. The van der Waals surface area contributed by atoms with Gasteiger partial charge in [-0.25, -0.2) is 8.78 Å². The standard InChI is InChI=1S/C14H10F2N2O3/c1-8-4-2-7-11(13(8)18(20)21)17-14(19)12-9(15)5-3-6-10(12)16/h2-7H,1H3,(H,17,19). The number of nitrogens with zero attached hydrogens (tertiary/aromatic N) is 1. The molecule has 1 N–H and O–H groups in total. The number of nitro groups is 1. The summed E-state index contributed by atoms with van der Waals surface area (Å²) in [5.74, 6) is -3.16. The molecule has 0 aromatic heterocycles. The van der Waals surface area contributed by atoms with Crippen LogP contribution in [0.2, 0.25) is 0 Å². The van der Waals surface area contributed by atoms with Gasteiger partial charge in [0, 0.05) is 5.56 Å². The van der Waals surface area contributed by atoms with E-state index in [9.17, 15) is 23.7 Å². The zero-order chi connectivity index (χ0) is 15.6. The number of carbonyl (C=O) groups is 1. The fourth-order valence-corrected chi connectivity index (χ4v) is 1.90. The Kier molecular flexibility index (Phi) is 3.93. The highest BCUT2D eigenvalue weighted by Gasteiger charge is 2.22. The van der Waals surface area contributed by atoms with Crippen molar-refractivity contribution >= 4 is 17.3 Å². The molecule has 0 heterocycles. The first-order valence-electron chi connectivity index (χ1n) is 5.91. The second-order valence-corrected chi connectivity index (χ2v) is 4.28. The molecule has 0 aliphatic heterocycles. The lowest BCUT2D eigenvalue weighted by Gasteiger charge is -2.08. The summed E-state index contributed by atoms with van der Waals surface area (Å²) in [4.78, 5) is 22.3. The van der Waals surface area contributed by atoms with Gasteiger partial charge in [-0.2, -0.15) is 0 Å². The van der Waals surface area contributed by atoms with Crippen LogP contribution < -0.4 is 5.32 Å². The average molecular weight is 292 g/mol. The Morgan fingerprint density at radius 1 is 1.14 bits per heavy atom. The van der Waals surface area contributed by atoms with E-state index in [1.54, 1.807) is 0 Å². The maximum absolute atomic E-state index is 13.5. The fourth-order valence-electron chi connectivity index (χ4n) is 1.90. The SMILES string of the molecule is Cc1cccc(NC(=O)c2c(F)cccc2F)c1[N+](=O)[O-]. The van der Waals surface area contributed by atoms with Crippen molar-refractivity contribution < 1.29 is 18.5 Å². The van der Waals surface area contributed by atoms with E-state index in [4.69, 9.17) is 0 Å². The van der Waals surface area contributed by atoms with Crippen molar-refractivity contribution in [2.24, 2.45) is 0 Å². The van der Waals surface area contributed by atoms with Crippen LogP contribution in [-0.2, 0) is 0 Å². The maximum atomic E-state index is 13.5. The highest BCUT2D eigenvalue weighted by Crippen LogP contribution is 2.28. The lowest BCUT2D eigenvalue weighted by atomic mass is 10.1. The molecule has 5 nitrogen and oxygen atoms in total. The normalized spacial score (nSPS) is 10.2. The number of benzene rings is 2. The molecule has 2 rings (SSSR count). The van der Waals surface area contributed by atoms with Crippen LogP contribution in [0.5, 0.6) is 0 Å². The summed E-state index contributed by atoms with van der Waals surface area (Å²) < 4.78 is 27.0. The van der Waals surface area contributed by atoms with Gasteiger partial charge < -0.3 is 5.32 Å². The van der Waals surface area contributed by atoms with Crippen LogP contribution in [0.25, 0.3) is 0 Å². The molecule has 0 atom stereocenters. The van der Waals surface area contributed by atoms with E-state index in [2.05, 4.69) is 5.32 Å². The Bertz CT molecular complexity index is 712. The second-order valence-electron chi connectivity index (χ2n) is 4.28. The van der Waals surface area contributed by atoms with Crippen molar-refractivity contribution in [3.05, 3.63) is 69.3 Å². The van der Waals surface area contributed by atoms with Crippen molar-refractivity contribution in [3.63, 3.8) is 0 Å². The van der Waals surface area contributed by atoms with Gasteiger partial charge in [0.05, 0.1) is 4.92 Å². The number of aryl methyl sites for hydroxylation is 1. The second kappa shape index (κ2) is 5.66. The van der Waals surface area contributed by atoms with E-state index < -0.39 is 28.0 Å². The minimum absolute atomic E-state index is 0.118. The minimum atomic E-state index is -1.08. The van der Waals surface area contributed by atoms with Crippen LogP contribution in [0.15, 0.2) is 36.4 Å². The lowest BCUT2D eigenvalue weighted by Crippen LogP contribution is -2.17. The third kappa shape index (κ3) is 2.86. The summed E-state index contributed by atoms with van der Waals surface area (Å²) in [6.45, 7) is 1.50. The number of carbonyl (C=O) groups excluding carboxylic acids is 1. The number of anilines is 1. The van der Waals surface area contributed by atoms with E-state index >= 15 is 0 Å². The molecule has 0 aliphatic carbocycles. The number of rotatable bonds is 3. The van der Waals surface area contributed by atoms with Gasteiger partial charge in [-0.15, -0.1) is 0 Å². The van der Waals surface area contributed by atoms with Gasteiger partial charge in [-0.05, 0) is 25.1 Å². The molecule has 0 aliphatic rings. The van der Waals surface area contributed by atoms with Crippen molar-refractivity contribution in [1.82, 2.24) is 0 Å². The first kappa shape index (κ1) is 14.6. The quantitative estimate of drug-likeness (QED) is 0.695. The first-order chi connectivity index (χ1) is 9.91. The highest BCUT2D eigenvalue weighted by molar-refractivity contribution is 6.05. The van der Waals surface area contributed by atoms with Crippen LogP contribution >= 0.6 is 0 Å². The molecule has 0 radical (unpaired) electrons. The lowest BCUT2D eigenvalue weighted by molar-refractivity contribution is -0.384. The molecule has 0 spiro atoms. The molecule has 0 bridgehead atoms. The van der Waals surface area contributed by atoms with Gasteiger partial charge in [-0.3, -0.25) is 14.9 Å². The number of amides is 1. The molecule has 0 unspecified atom stereocenters. The summed E-state index contributed by atoms with van der Waals surface area (Å²) >= 11 is 0. The molecule has 0 fully saturated rings. The molecule has 2 aromatic carbocycles. The number of halogens is 2. The molecule has 0 saturated carbocycles. The fraction of sp³-hybridized carbons (Fsp3) is 0.0714. The monoisotopic (exact) mass is 292 g/mol. The Balaban J connectivity index is 2.42. The minimum Gasteiger partial charge on any atom is -0.316 e. The Morgan fingerprint density at radius 3 is 2.29 bits per heavy atom. The molecule has 2 aromatic rings. The molecular weight excluding hydrogens is 282 g/mol. The zero-order valence-electron chi connectivity index (χ0n) is 10.9. The third-order valence-corrected chi connectivity index (χ3v) is 2.86. The first-order valence-corrected chi connectivity index (χ1v) is 5.91. The van der Waals surface area contributed by atoms with Crippen molar-refractivity contribution in [2.75, 3.05) is 5.32 Å². The van der Waals surface area contributed by atoms with E-state index in [0.717, 1.165) is 18.2 Å². The summed E-state index contributed by atoms with van der Waals surface area (Å²) in [6, 6.07) is 7.27. The summed E-state index contributed by atoms with van der Waals surface area (Å²) in [6.07, 6.45) is 0. The number of nitrogens with one attached hydrogen (secondary N) is 1. The Hall–Kier alpha value is -2.83. The summed E-state index contributed by atoms with van der Waals surface area (Å²) in [5.41, 5.74) is -0.893. The molecule has 21 heavy (non-hydrogen) atoms. The molecule has 7 heteroatoms. The Labute approximate surface area is 118 Å². The van der Waals surface area contributed by atoms with Crippen LogP contribution in [0.4, 0.5) is 20.2 Å². The third-order valence-electron chi connectivity index (χ3n) is 2.86. The van der Waals surface area contributed by atoms with Crippen molar-refractivity contribution in [1.29, 1.82) is 0 Å². The van der Waals surface area contributed by atoms with Gasteiger partial charge in [0.1, 0.15) is 22.9 Å². The van der Waals surface area contributed by atoms with Gasteiger partial charge in [0.15, 0.2) is 0 Å². The Morgan fingerprint density at radius 2 is 1.71 bits per heavy atom.